The molecule has 0 amide bonds. The lowest BCUT2D eigenvalue weighted by Crippen LogP contribution is -2.10. The Morgan fingerprint density at radius 1 is 1.11 bits per heavy atom. The molecule has 2 aromatic rings. The Balaban J connectivity index is 2.32. The van der Waals surface area contributed by atoms with Gasteiger partial charge >= 0.3 is 0 Å². The fourth-order valence-corrected chi connectivity index (χ4v) is 4.40. The SMILES string of the molecule is CC/C(C)=C(\Nc1ccc(C(C)=O)cc1)S/C(C(=O)c1sccc1C)=C(\C)N. The molecule has 0 saturated heterocycles. The molecule has 2 rings (SSSR count). The Morgan fingerprint density at radius 2 is 1.75 bits per heavy atom. The summed E-state index contributed by atoms with van der Waals surface area (Å²) >= 11 is 2.80. The molecule has 1 aromatic carbocycles. The van der Waals surface area contributed by atoms with E-state index in [1.165, 1.54) is 23.1 Å². The van der Waals surface area contributed by atoms with Crippen LogP contribution in [0.2, 0.25) is 0 Å². The lowest BCUT2D eigenvalue weighted by atomic mass is 10.1. The van der Waals surface area contributed by atoms with Crippen LogP contribution in [0.15, 0.2) is 56.9 Å². The number of ketones is 2. The molecule has 0 saturated carbocycles. The fourth-order valence-electron chi connectivity index (χ4n) is 2.42. The summed E-state index contributed by atoms with van der Waals surface area (Å²) in [5, 5.41) is 6.18. The second-order valence-corrected chi connectivity index (χ2v) is 8.53. The van der Waals surface area contributed by atoms with Crippen LogP contribution in [0.5, 0.6) is 0 Å². The minimum absolute atomic E-state index is 0.0299. The number of carbonyl (C=O) groups excluding carboxylic acids is 2. The summed E-state index contributed by atoms with van der Waals surface area (Å²) in [5.74, 6) is -0.0186. The number of anilines is 1. The lowest BCUT2D eigenvalue weighted by molar-refractivity contribution is 0.101. The van der Waals surface area contributed by atoms with Crippen molar-refractivity contribution in [3.63, 3.8) is 0 Å². The van der Waals surface area contributed by atoms with Crippen molar-refractivity contribution in [2.24, 2.45) is 5.73 Å². The van der Waals surface area contributed by atoms with Gasteiger partial charge in [0, 0.05) is 16.9 Å². The second kappa shape index (κ2) is 9.75. The number of carbonyl (C=O) groups is 2. The third kappa shape index (κ3) is 5.36. The van der Waals surface area contributed by atoms with E-state index >= 15 is 0 Å². The average Bonchev–Trinajstić information content (AvgIpc) is 3.09. The minimum atomic E-state index is -0.0485. The van der Waals surface area contributed by atoms with E-state index in [0.29, 0.717) is 21.0 Å². The van der Waals surface area contributed by atoms with Gasteiger partial charge in [0.25, 0.3) is 0 Å². The van der Waals surface area contributed by atoms with E-state index in [1.54, 1.807) is 26.0 Å². The first-order chi connectivity index (χ1) is 13.2. The van der Waals surface area contributed by atoms with Crippen LogP contribution in [0.1, 0.15) is 59.7 Å². The number of hydrogen-bond acceptors (Lipinski definition) is 6. The molecule has 0 spiro atoms. The molecule has 0 aliphatic rings. The Labute approximate surface area is 174 Å². The highest BCUT2D eigenvalue weighted by Gasteiger charge is 2.21. The van der Waals surface area contributed by atoms with Crippen molar-refractivity contribution in [1.82, 2.24) is 0 Å². The monoisotopic (exact) mass is 414 g/mol. The first-order valence-corrected chi connectivity index (χ1v) is 10.7. The number of thiophene rings is 1. The summed E-state index contributed by atoms with van der Waals surface area (Å²) < 4.78 is 0. The van der Waals surface area contributed by atoms with Gasteiger partial charge < -0.3 is 11.1 Å². The van der Waals surface area contributed by atoms with Crippen molar-refractivity contribution in [1.29, 1.82) is 0 Å². The summed E-state index contributed by atoms with van der Waals surface area (Å²) in [6.45, 7) is 9.33. The number of aryl methyl sites for hydroxylation is 1. The fraction of sp³-hybridized carbons (Fsp3) is 0.273. The maximum atomic E-state index is 13.1. The van der Waals surface area contributed by atoms with Crippen molar-refractivity contribution in [2.75, 3.05) is 5.32 Å². The van der Waals surface area contributed by atoms with E-state index in [9.17, 15) is 9.59 Å². The first kappa shape index (κ1) is 22.0. The Hall–Kier alpha value is -2.31. The standard InChI is InChI=1S/C22H26N2O2S2/c1-6-13(2)22(24-18-9-7-17(8-10-18)16(5)25)28-21(15(4)23)19(26)20-14(3)11-12-27-20/h7-12,24H,6,23H2,1-5H3/b21-15+,22-13+. The van der Waals surface area contributed by atoms with Gasteiger partial charge in [0.1, 0.15) is 0 Å². The number of benzene rings is 1. The molecule has 0 aliphatic heterocycles. The van der Waals surface area contributed by atoms with Crippen LogP contribution >= 0.6 is 23.1 Å². The van der Waals surface area contributed by atoms with Gasteiger partial charge in [-0.05, 0) is 81.0 Å². The van der Waals surface area contributed by atoms with Crippen molar-refractivity contribution >= 4 is 40.4 Å². The van der Waals surface area contributed by atoms with Gasteiger partial charge in [0.2, 0.25) is 5.78 Å². The zero-order chi connectivity index (χ0) is 20.8. The third-order valence-corrected chi connectivity index (χ3v) is 6.69. The topological polar surface area (TPSA) is 72.2 Å². The average molecular weight is 415 g/mol. The molecular weight excluding hydrogens is 388 g/mol. The van der Waals surface area contributed by atoms with E-state index in [0.717, 1.165) is 28.3 Å². The number of allylic oxidation sites excluding steroid dienone is 3. The van der Waals surface area contributed by atoms with E-state index < -0.39 is 0 Å². The molecule has 0 aliphatic carbocycles. The number of hydrogen-bond donors (Lipinski definition) is 2. The van der Waals surface area contributed by atoms with Crippen LogP contribution in [0, 0.1) is 6.92 Å². The summed E-state index contributed by atoms with van der Waals surface area (Å²) in [6.07, 6.45) is 0.837. The van der Waals surface area contributed by atoms with Crippen LogP contribution in [0.25, 0.3) is 0 Å². The summed E-state index contributed by atoms with van der Waals surface area (Å²) in [6, 6.07) is 9.25. The molecule has 4 nitrogen and oxygen atoms in total. The Kier molecular flexibility index (Phi) is 7.66. The van der Waals surface area contributed by atoms with Gasteiger partial charge in [-0.15, -0.1) is 11.3 Å². The molecule has 0 fully saturated rings. The molecule has 6 heteroatoms. The van der Waals surface area contributed by atoms with Gasteiger partial charge in [-0.2, -0.15) is 0 Å². The van der Waals surface area contributed by atoms with Gasteiger partial charge in [0.15, 0.2) is 5.78 Å². The minimum Gasteiger partial charge on any atom is -0.401 e. The highest BCUT2D eigenvalue weighted by atomic mass is 32.2. The predicted octanol–water partition coefficient (Wildman–Crippen LogP) is 6.12. The normalized spacial score (nSPS) is 12.9. The molecule has 148 valence electrons. The predicted molar refractivity (Wildman–Crippen MR) is 121 cm³/mol. The molecule has 1 aromatic heterocycles. The van der Waals surface area contributed by atoms with Crippen LogP contribution in [-0.4, -0.2) is 11.6 Å². The first-order valence-electron chi connectivity index (χ1n) is 9.05. The van der Waals surface area contributed by atoms with E-state index in [2.05, 4.69) is 12.2 Å². The van der Waals surface area contributed by atoms with Crippen LogP contribution < -0.4 is 11.1 Å². The molecule has 0 atom stereocenters. The molecule has 0 bridgehead atoms. The molecule has 0 unspecified atom stereocenters. The maximum Gasteiger partial charge on any atom is 0.211 e. The zero-order valence-corrected chi connectivity index (χ0v) is 18.5. The molecule has 1 heterocycles. The van der Waals surface area contributed by atoms with Crippen LogP contribution in [0.3, 0.4) is 0 Å². The lowest BCUT2D eigenvalue weighted by Gasteiger charge is -2.16. The van der Waals surface area contributed by atoms with E-state index in [-0.39, 0.29) is 11.6 Å². The van der Waals surface area contributed by atoms with Crippen molar-refractivity contribution in [3.05, 3.63) is 72.9 Å². The molecular formula is C22H26N2O2S2. The number of Topliss-reactive ketones (excluding diaryl/α,β-unsaturated/α-hetero) is 2. The molecule has 0 radical (unpaired) electrons. The third-order valence-electron chi connectivity index (χ3n) is 4.30. The number of nitrogens with two attached hydrogens (primary N) is 1. The largest absolute Gasteiger partial charge is 0.401 e. The van der Waals surface area contributed by atoms with Crippen molar-refractivity contribution < 1.29 is 9.59 Å². The van der Waals surface area contributed by atoms with Gasteiger partial charge in [-0.25, -0.2) is 0 Å². The Morgan fingerprint density at radius 3 is 2.21 bits per heavy atom. The highest BCUT2D eigenvalue weighted by Crippen LogP contribution is 2.35. The van der Waals surface area contributed by atoms with Gasteiger partial charge in [-0.3, -0.25) is 9.59 Å². The number of rotatable bonds is 8. The van der Waals surface area contributed by atoms with Crippen molar-refractivity contribution in [2.45, 2.75) is 41.0 Å². The van der Waals surface area contributed by atoms with Gasteiger partial charge in [0.05, 0.1) is 14.8 Å². The number of nitrogens with one attached hydrogen (secondary N) is 1. The zero-order valence-electron chi connectivity index (χ0n) is 16.9. The van der Waals surface area contributed by atoms with Crippen molar-refractivity contribution in [3.8, 4) is 0 Å². The second-order valence-electron chi connectivity index (χ2n) is 6.60. The highest BCUT2D eigenvalue weighted by molar-refractivity contribution is 8.07. The molecule has 28 heavy (non-hydrogen) atoms. The summed E-state index contributed by atoms with van der Waals surface area (Å²) in [7, 11) is 0. The summed E-state index contributed by atoms with van der Waals surface area (Å²) in [5.41, 5.74) is 10.2. The van der Waals surface area contributed by atoms with Crippen LogP contribution in [0.4, 0.5) is 5.69 Å². The smallest absolute Gasteiger partial charge is 0.211 e. The summed E-state index contributed by atoms with van der Waals surface area (Å²) in [4.78, 5) is 25.8. The maximum absolute atomic E-state index is 13.1. The molecule has 3 N–H and O–H groups in total. The van der Waals surface area contributed by atoms with Gasteiger partial charge in [-0.1, -0.05) is 18.7 Å². The quantitative estimate of drug-likeness (QED) is 0.402. The number of thioether (sulfide) groups is 1. The van der Waals surface area contributed by atoms with E-state index in [4.69, 9.17) is 5.73 Å². The van der Waals surface area contributed by atoms with Crippen LogP contribution in [-0.2, 0) is 0 Å². The Bertz CT molecular complexity index is 934. The van der Waals surface area contributed by atoms with E-state index in [1.807, 2.05) is 37.4 Å².